The molecule has 0 spiro atoms. The minimum Gasteiger partial charge on any atom is -0.471 e. The molecule has 0 bridgehead atoms. The van der Waals surface area contributed by atoms with Crippen LogP contribution in [0, 0.1) is 6.92 Å². The van der Waals surface area contributed by atoms with Crippen molar-refractivity contribution < 1.29 is 31.9 Å². The molecule has 0 radical (unpaired) electrons. The third-order valence-electron chi connectivity index (χ3n) is 5.85. The Balaban J connectivity index is 1.43. The number of primary amides is 1. The summed E-state index contributed by atoms with van der Waals surface area (Å²) in [5, 5.41) is 0. The standard InChI is InChI=1S/C24H23F4N5O3/c1-13-2-4-14(5-3-13)8-20(34)33-7-6-19(17(25)12-33)36-22-16(21(29)35)9-15(10-30-22)18-11-31-23(32-18)24(26,27)28/h2-5,9-11,17,19H,6-8,12H2,1H3,(H2,29,35)(H,31,32)/t17-,19+/m0/s1. The number of hydrogen-bond acceptors (Lipinski definition) is 5. The van der Waals surface area contributed by atoms with Crippen LogP contribution in [0.25, 0.3) is 11.3 Å². The van der Waals surface area contributed by atoms with E-state index in [1.165, 1.54) is 17.2 Å². The van der Waals surface area contributed by atoms with E-state index in [9.17, 15) is 27.2 Å². The van der Waals surface area contributed by atoms with E-state index in [0.717, 1.165) is 17.3 Å². The van der Waals surface area contributed by atoms with E-state index in [-0.39, 0.29) is 54.5 Å². The maximum absolute atomic E-state index is 14.9. The number of aryl methyl sites for hydroxylation is 1. The molecule has 2 aromatic heterocycles. The van der Waals surface area contributed by atoms with Gasteiger partial charge in [0.05, 0.1) is 24.9 Å². The minimum atomic E-state index is -4.67. The second-order valence-electron chi connectivity index (χ2n) is 8.55. The maximum Gasteiger partial charge on any atom is 0.449 e. The molecule has 3 N–H and O–H groups in total. The highest BCUT2D eigenvalue weighted by Gasteiger charge is 2.35. The Morgan fingerprint density at radius 3 is 2.53 bits per heavy atom. The highest BCUT2D eigenvalue weighted by Crippen LogP contribution is 2.30. The Kier molecular flexibility index (Phi) is 6.95. The van der Waals surface area contributed by atoms with Crippen molar-refractivity contribution >= 4 is 11.8 Å². The average molecular weight is 505 g/mol. The molecule has 0 saturated carbocycles. The van der Waals surface area contributed by atoms with Gasteiger partial charge in [-0.05, 0) is 18.6 Å². The second kappa shape index (κ2) is 9.96. The van der Waals surface area contributed by atoms with Gasteiger partial charge >= 0.3 is 6.18 Å². The zero-order valence-corrected chi connectivity index (χ0v) is 19.2. The molecule has 0 aliphatic carbocycles. The number of nitrogens with zero attached hydrogens (tertiary/aromatic N) is 3. The summed E-state index contributed by atoms with van der Waals surface area (Å²) in [7, 11) is 0. The molecule has 2 atom stereocenters. The summed E-state index contributed by atoms with van der Waals surface area (Å²) >= 11 is 0. The highest BCUT2D eigenvalue weighted by molar-refractivity contribution is 5.96. The lowest BCUT2D eigenvalue weighted by Gasteiger charge is -2.34. The van der Waals surface area contributed by atoms with Crippen LogP contribution < -0.4 is 10.5 Å². The fourth-order valence-electron chi connectivity index (χ4n) is 3.86. The number of amides is 2. The molecule has 8 nitrogen and oxygen atoms in total. The Bertz CT molecular complexity index is 1260. The molecule has 1 aromatic carbocycles. The highest BCUT2D eigenvalue weighted by atomic mass is 19.4. The number of aromatic nitrogens is 3. The molecular weight excluding hydrogens is 482 g/mol. The number of carbonyl (C=O) groups is 2. The Labute approximate surface area is 203 Å². The van der Waals surface area contributed by atoms with Crippen molar-refractivity contribution in [3.63, 3.8) is 0 Å². The largest absolute Gasteiger partial charge is 0.471 e. The van der Waals surface area contributed by atoms with Crippen molar-refractivity contribution in [2.75, 3.05) is 13.1 Å². The van der Waals surface area contributed by atoms with Crippen LogP contribution in [-0.4, -0.2) is 57.0 Å². The summed E-state index contributed by atoms with van der Waals surface area (Å²) in [6.45, 7) is 2.00. The molecule has 0 unspecified atom stereocenters. The Morgan fingerprint density at radius 2 is 1.92 bits per heavy atom. The lowest BCUT2D eigenvalue weighted by molar-refractivity contribution is -0.144. The summed E-state index contributed by atoms with van der Waals surface area (Å²) in [5.41, 5.74) is 7.17. The first-order chi connectivity index (χ1) is 17.0. The van der Waals surface area contributed by atoms with Crippen molar-refractivity contribution in [1.82, 2.24) is 19.9 Å². The number of halogens is 4. The van der Waals surface area contributed by atoms with Gasteiger partial charge in [0, 0.05) is 24.7 Å². The smallest absolute Gasteiger partial charge is 0.449 e. The number of nitrogens with one attached hydrogen (secondary N) is 1. The lowest BCUT2D eigenvalue weighted by Crippen LogP contribution is -2.49. The topological polar surface area (TPSA) is 114 Å². The van der Waals surface area contributed by atoms with Crippen LogP contribution in [0.4, 0.5) is 17.6 Å². The number of ether oxygens (including phenoxy) is 1. The predicted octanol–water partition coefficient (Wildman–Crippen LogP) is 3.46. The van der Waals surface area contributed by atoms with Crippen LogP contribution in [0.3, 0.4) is 0 Å². The molecule has 12 heteroatoms. The summed E-state index contributed by atoms with van der Waals surface area (Å²) in [6, 6.07) is 8.70. The average Bonchev–Trinajstić information content (AvgIpc) is 3.33. The van der Waals surface area contributed by atoms with Crippen LogP contribution in [-0.2, 0) is 17.4 Å². The predicted molar refractivity (Wildman–Crippen MR) is 121 cm³/mol. The number of H-pyrrole nitrogens is 1. The van der Waals surface area contributed by atoms with E-state index in [1.54, 1.807) is 0 Å². The number of imidazole rings is 1. The first-order valence-electron chi connectivity index (χ1n) is 11.1. The van der Waals surface area contributed by atoms with Crippen molar-refractivity contribution in [3.05, 3.63) is 65.2 Å². The van der Waals surface area contributed by atoms with Gasteiger partial charge in [-0.2, -0.15) is 13.2 Å². The number of nitrogens with two attached hydrogens (primary N) is 1. The molecule has 1 saturated heterocycles. The number of carbonyl (C=O) groups excluding carboxylic acids is 2. The van der Waals surface area contributed by atoms with Crippen LogP contribution in [0.2, 0.25) is 0 Å². The zero-order chi connectivity index (χ0) is 26.0. The SMILES string of the molecule is Cc1ccc(CC(=O)N2CC[C@@H](Oc3ncc(-c4cnc(C(F)(F)F)[nH]4)cc3C(N)=O)[C@@H](F)C2)cc1. The number of piperidine rings is 1. The third kappa shape index (κ3) is 5.64. The molecule has 3 heterocycles. The first kappa shape index (κ1) is 25.1. The van der Waals surface area contributed by atoms with Crippen molar-refractivity contribution in [1.29, 1.82) is 0 Å². The monoisotopic (exact) mass is 505 g/mol. The molecule has 4 rings (SSSR count). The number of rotatable bonds is 6. The van der Waals surface area contributed by atoms with E-state index in [1.807, 2.05) is 31.2 Å². The number of aromatic amines is 1. The van der Waals surface area contributed by atoms with Crippen LogP contribution in [0.15, 0.2) is 42.7 Å². The van der Waals surface area contributed by atoms with E-state index in [2.05, 4.69) is 15.0 Å². The van der Waals surface area contributed by atoms with Crippen molar-refractivity contribution in [3.8, 4) is 17.1 Å². The maximum atomic E-state index is 14.9. The van der Waals surface area contributed by atoms with E-state index in [4.69, 9.17) is 10.5 Å². The second-order valence-corrected chi connectivity index (χ2v) is 8.55. The van der Waals surface area contributed by atoms with Gasteiger partial charge in [-0.1, -0.05) is 29.8 Å². The van der Waals surface area contributed by atoms with Gasteiger partial charge in [0.1, 0.15) is 11.7 Å². The van der Waals surface area contributed by atoms with Crippen LogP contribution in [0.1, 0.15) is 33.7 Å². The number of benzene rings is 1. The molecule has 2 amide bonds. The van der Waals surface area contributed by atoms with Crippen molar-refractivity contribution in [2.45, 2.75) is 38.2 Å². The fourth-order valence-corrected chi connectivity index (χ4v) is 3.86. The molecule has 3 aromatic rings. The molecule has 1 fully saturated rings. The van der Waals surface area contributed by atoms with Gasteiger partial charge in [-0.15, -0.1) is 0 Å². The van der Waals surface area contributed by atoms with Gasteiger partial charge in [0.15, 0.2) is 6.17 Å². The Morgan fingerprint density at radius 1 is 1.19 bits per heavy atom. The third-order valence-corrected chi connectivity index (χ3v) is 5.85. The Hall–Kier alpha value is -3.96. The number of likely N-dealkylation sites (tertiary alicyclic amines) is 1. The summed E-state index contributed by atoms with van der Waals surface area (Å²) in [5.74, 6) is -2.61. The van der Waals surface area contributed by atoms with Gasteiger partial charge in [-0.3, -0.25) is 9.59 Å². The summed E-state index contributed by atoms with van der Waals surface area (Å²) in [4.78, 5) is 35.4. The number of hydrogen-bond donors (Lipinski definition) is 2. The van der Waals surface area contributed by atoms with Crippen molar-refractivity contribution in [2.24, 2.45) is 5.73 Å². The van der Waals surface area contributed by atoms with Gasteiger partial charge in [-0.25, -0.2) is 14.4 Å². The summed E-state index contributed by atoms with van der Waals surface area (Å²) < 4.78 is 59.1. The molecule has 190 valence electrons. The van der Waals surface area contributed by atoms with E-state index < -0.39 is 30.2 Å². The molecular formula is C24H23F4N5O3. The van der Waals surface area contributed by atoms with Crippen LogP contribution in [0.5, 0.6) is 5.88 Å². The molecule has 1 aliphatic heterocycles. The molecule has 1 aliphatic rings. The first-order valence-corrected chi connectivity index (χ1v) is 11.1. The van der Waals surface area contributed by atoms with Gasteiger partial charge in [0.2, 0.25) is 17.6 Å². The normalized spacial score (nSPS) is 18.2. The van der Waals surface area contributed by atoms with Crippen LogP contribution >= 0.6 is 0 Å². The van der Waals surface area contributed by atoms with Gasteiger partial charge < -0.3 is 20.4 Å². The van der Waals surface area contributed by atoms with Gasteiger partial charge in [0.25, 0.3) is 5.91 Å². The fraction of sp³-hybridized carbons (Fsp3) is 0.333. The molecule has 36 heavy (non-hydrogen) atoms. The number of alkyl halides is 4. The summed E-state index contributed by atoms with van der Waals surface area (Å²) in [6.07, 6.45) is -4.80. The lowest BCUT2D eigenvalue weighted by atomic mass is 10.0. The number of pyridine rings is 1. The minimum absolute atomic E-state index is 0.0346. The zero-order valence-electron chi connectivity index (χ0n) is 19.2. The van der Waals surface area contributed by atoms with E-state index in [0.29, 0.717) is 0 Å². The quantitative estimate of drug-likeness (QED) is 0.498. The van der Waals surface area contributed by atoms with E-state index >= 15 is 0 Å².